The van der Waals surface area contributed by atoms with Gasteiger partial charge in [-0.2, -0.15) is 0 Å². The van der Waals surface area contributed by atoms with Crippen LogP contribution in [0.4, 0.5) is 0 Å². The van der Waals surface area contributed by atoms with Crippen molar-refractivity contribution in [2.45, 2.75) is 0 Å². The maximum atomic E-state index is 5.47. The molecule has 0 bridgehead atoms. The Kier molecular flexibility index (Phi) is 3.18. The summed E-state index contributed by atoms with van der Waals surface area (Å²) in [6, 6.07) is 39.1. The maximum absolute atomic E-state index is 5.47. The van der Waals surface area contributed by atoms with E-state index in [1.54, 1.807) is 0 Å². The summed E-state index contributed by atoms with van der Waals surface area (Å²) in [5.41, 5.74) is 8.27. The predicted octanol–water partition coefficient (Wildman–Crippen LogP) is 8.49. The molecule has 174 valence electrons. The molecule has 6 aromatic carbocycles. The van der Waals surface area contributed by atoms with Crippen LogP contribution < -0.4 is 0 Å². The molecule has 4 heterocycles. The first-order chi connectivity index (χ1) is 18.9. The number of benzene rings is 6. The summed E-state index contributed by atoms with van der Waals surface area (Å²) in [5, 5.41) is 9.71. The average Bonchev–Trinajstić information content (AvgIpc) is 3.45. The zero-order valence-electron chi connectivity index (χ0n) is 20.2. The third kappa shape index (κ3) is 2.07. The molecule has 4 aromatic heterocycles. The van der Waals surface area contributed by atoms with E-state index in [2.05, 4.69) is 118 Å². The van der Waals surface area contributed by atoms with Crippen LogP contribution in [-0.4, -0.2) is 18.8 Å². The first-order valence-corrected chi connectivity index (χ1v) is 13.0. The van der Waals surface area contributed by atoms with Crippen LogP contribution in [0.3, 0.4) is 0 Å². The summed E-state index contributed by atoms with van der Waals surface area (Å²) in [7, 11) is 0. The van der Waals surface area contributed by atoms with Gasteiger partial charge in [0.2, 0.25) is 0 Å². The summed E-state index contributed by atoms with van der Waals surface area (Å²) in [4.78, 5) is 10.9. The van der Waals surface area contributed by atoms with Gasteiger partial charge in [-0.25, -0.2) is 9.97 Å². The Labute approximate surface area is 215 Å². The molecule has 0 saturated heterocycles. The van der Waals surface area contributed by atoms with Gasteiger partial charge in [-0.1, -0.05) is 91.0 Å². The lowest BCUT2D eigenvalue weighted by Gasteiger charge is -2.06. The summed E-state index contributed by atoms with van der Waals surface area (Å²) in [5.74, 6) is 0. The number of hydrogen-bond acceptors (Lipinski definition) is 2. The second-order valence-corrected chi connectivity index (χ2v) is 10.3. The molecule has 0 fully saturated rings. The van der Waals surface area contributed by atoms with Crippen molar-refractivity contribution in [2.75, 3.05) is 0 Å². The molecule has 0 unspecified atom stereocenters. The Morgan fingerprint density at radius 2 is 0.974 bits per heavy atom. The van der Waals surface area contributed by atoms with E-state index in [9.17, 15) is 0 Å². The van der Waals surface area contributed by atoms with Gasteiger partial charge in [-0.3, -0.25) is 8.80 Å². The molecule has 0 N–H and O–H groups in total. The lowest BCUT2D eigenvalue weighted by Crippen LogP contribution is -1.96. The van der Waals surface area contributed by atoms with E-state index in [-0.39, 0.29) is 0 Å². The third-order valence-corrected chi connectivity index (χ3v) is 8.40. The van der Waals surface area contributed by atoms with Crippen molar-refractivity contribution in [3.05, 3.63) is 109 Å². The Bertz CT molecular complexity index is 2610. The minimum atomic E-state index is 0.866. The highest BCUT2D eigenvalue weighted by Gasteiger charge is 2.22. The summed E-state index contributed by atoms with van der Waals surface area (Å²) >= 11 is 0. The van der Waals surface area contributed by atoms with Crippen LogP contribution in [0, 0.1) is 0 Å². The first-order valence-electron chi connectivity index (χ1n) is 13.0. The third-order valence-electron chi connectivity index (χ3n) is 8.40. The Morgan fingerprint density at radius 1 is 0.421 bits per heavy atom. The second kappa shape index (κ2) is 6.36. The van der Waals surface area contributed by atoms with Crippen LogP contribution in [0.25, 0.3) is 87.5 Å². The topological polar surface area (TPSA) is 34.6 Å². The molecule has 0 spiro atoms. The average molecular weight is 483 g/mol. The van der Waals surface area contributed by atoms with Gasteiger partial charge >= 0.3 is 0 Å². The smallest absolute Gasteiger partial charge is 0.182 e. The molecule has 0 aliphatic carbocycles. The van der Waals surface area contributed by atoms with Crippen molar-refractivity contribution in [1.82, 2.24) is 18.8 Å². The van der Waals surface area contributed by atoms with E-state index in [1.165, 1.54) is 48.7 Å². The van der Waals surface area contributed by atoms with Gasteiger partial charge in [0.25, 0.3) is 0 Å². The highest BCUT2D eigenvalue weighted by atomic mass is 15.1. The van der Waals surface area contributed by atoms with Crippen molar-refractivity contribution >= 4 is 87.5 Å². The quantitative estimate of drug-likeness (QED) is 0.203. The van der Waals surface area contributed by atoms with Crippen molar-refractivity contribution in [3.8, 4) is 0 Å². The van der Waals surface area contributed by atoms with Crippen molar-refractivity contribution in [2.24, 2.45) is 0 Å². The maximum Gasteiger partial charge on any atom is 0.182 e. The normalized spacial score (nSPS) is 12.7. The Balaban J connectivity index is 1.67. The second-order valence-electron chi connectivity index (χ2n) is 10.3. The number of aromatic nitrogens is 4. The standard InChI is InChI=1S/C34H18N4/c1-2-8-21-19(7-1)15-18-26-30(21)36-34-33(35-26)37-27-11-5-3-9-22(27)24-16-13-20-14-17-25-23-10-4-6-12-28(23)38(34)32(25)29(20)31(24)37/h1-18H. The van der Waals surface area contributed by atoms with Gasteiger partial charge in [0.05, 0.1) is 33.1 Å². The molecule has 0 amide bonds. The molecular formula is C34H18N4. The van der Waals surface area contributed by atoms with E-state index in [0.29, 0.717) is 0 Å². The van der Waals surface area contributed by atoms with Gasteiger partial charge in [0.1, 0.15) is 0 Å². The molecule has 0 saturated carbocycles. The lowest BCUT2D eigenvalue weighted by molar-refractivity contribution is 1.21. The molecule has 4 heteroatoms. The van der Waals surface area contributed by atoms with Crippen LogP contribution in [-0.2, 0) is 0 Å². The monoisotopic (exact) mass is 482 g/mol. The highest BCUT2D eigenvalue weighted by molar-refractivity contribution is 6.29. The van der Waals surface area contributed by atoms with Gasteiger partial charge < -0.3 is 0 Å². The van der Waals surface area contributed by atoms with E-state index < -0.39 is 0 Å². The summed E-state index contributed by atoms with van der Waals surface area (Å²) in [6.45, 7) is 0. The summed E-state index contributed by atoms with van der Waals surface area (Å²) < 4.78 is 4.71. The van der Waals surface area contributed by atoms with Crippen LogP contribution in [0.5, 0.6) is 0 Å². The molecule has 10 rings (SSSR count). The van der Waals surface area contributed by atoms with Gasteiger partial charge in [-0.15, -0.1) is 0 Å². The predicted molar refractivity (Wildman–Crippen MR) is 158 cm³/mol. The molecule has 4 nitrogen and oxygen atoms in total. The van der Waals surface area contributed by atoms with Crippen molar-refractivity contribution in [3.63, 3.8) is 0 Å². The molecule has 0 aliphatic rings. The van der Waals surface area contributed by atoms with Gasteiger partial charge in [-0.05, 0) is 29.0 Å². The minimum absolute atomic E-state index is 0.866. The Hall–Kier alpha value is -5.22. The molecule has 0 radical (unpaired) electrons. The van der Waals surface area contributed by atoms with E-state index >= 15 is 0 Å². The number of hydrogen-bond donors (Lipinski definition) is 0. The first kappa shape index (κ1) is 19.0. The molecule has 38 heavy (non-hydrogen) atoms. The van der Waals surface area contributed by atoms with Crippen LogP contribution in [0.15, 0.2) is 109 Å². The lowest BCUT2D eigenvalue weighted by atomic mass is 10.0. The Morgan fingerprint density at radius 3 is 1.66 bits per heavy atom. The molecule has 10 aromatic rings. The van der Waals surface area contributed by atoms with Crippen LogP contribution in [0.2, 0.25) is 0 Å². The zero-order valence-corrected chi connectivity index (χ0v) is 20.2. The number of para-hydroxylation sites is 2. The van der Waals surface area contributed by atoms with Crippen LogP contribution in [0.1, 0.15) is 0 Å². The summed E-state index contributed by atoms with van der Waals surface area (Å²) in [6.07, 6.45) is 0. The SMILES string of the molecule is c1ccc2c(c1)ccc1nc3c(nc12)n1c2ccccc2c2ccc4ccc5c6ccccc6n3c5c4c21. The zero-order chi connectivity index (χ0) is 24.5. The van der Waals surface area contributed by atoms with E-state index in [0.717, 1.165) is 38.7 Å². The van der Waals surface area contributed by atoms with E-state index in [4.69, 9.17) is 9.97 Å². The highest BCUT2D eigenvalue weighted by Crippen LogP contribution is 2.42. The number of nitrogens with zero attached hydrogens (tertiary/aromatic N) is 4. The largest absolute Gasteiger partial charge is 0.290 e. The fraction of sp³-hybridized carbons (Fsp3) is 0. The molecule has 0 atom stereocenters. The van der Waals surface area contributed by atoms with Crippen molar-refractivity contribution < 1.29 is 0 Å². The van der Waals surface area contributed by atoms with Gasteiger partial charge in [0, 0.05) is 32.3 Å². The fourth-order valence-electron chi connectivity index (χ4n) is 6.83. The number of rotatable bonds is 0. The fourth-order valence-corrected chi connectivity index (χ4v) is 6.83. The van der Waals surface area contributed by atoms with Gasteiger partial charge in [0.15, 0.2) is 11.3 Å². The minimum Gasteiger partial charge on any atom is -0.290 e. The van der Waals surface area contributed by atoms with E-state index in [1.807, 2.05) is 0 Å². The van der Waals surface area contributed by atoms with Crippen LogP contribution >= 0.6 is 0 Å². The van der Waals surface area contributed by atoms with Crippen molar-refractivity contribution in [1.29, 1.82) is 0 Å². The molecule has 0 aliphatic heterocycles. The molecular weight excluding hydrogens is 464 g/mol. The number of fused-ring (bicyclic) bond motifs is 12.